The second kappa shape index (κ2) is 8.79. The highest BCUT2D eigenvalue weighted by Gasteiger charge is 2.32. The minimum absolute atomic E-state index is 0.107. The zero-order valence-corrected chi connectivity index (χ0v) is 14.0. The molecule has 1 aliphatic carbocycles. The van der Waals surface area contributed by atoms with Gasteiger partial charge in [-0.3, -0.25) is 0 Å². The van der Waals surface area contributed by atoms with Crippen LogP contribution in [-0.4, -0.2) is 17.8 Å². The van der Waals surface area contributed by atoms with Crippen molar-refractivity contribution in [3.05, 3.63) is 62.0 Å². The molecule has 2 nitrogen and oxygen atoms in total. The third-order valence-electron chi connectivity index (χ3n) is 4.16. The minimum atomic E-state index is -0.234. The quantitative estimate of drug-likeness (QED) is 0.376. The van der Waals surface area contributed by atoms with Crippen molar-refractivity contribution in [2.24, 2.45) is 17.3 Å². The number of rotatable bonds is 9. The molecule has 0 aromatic heterocycles. The fourth-order valence-corrected chi connectivity index (χ4v) is 2.84. The molecule has 2 heteroatoms. The molecule has 1 aliphatic rings. The number of ether oxygens (including phenoxy) is 1. The summed E-state index contributed by atoms with van der Waals surface area (Å²) in [7, 11) is 0. The van der Waals surface area contributed by atoms with E-state index >= 15 is 0 Å². The first-order chi connectivity index (χ1) is 10.4. The van der Waals surface area contributed by atoms with Gasteiger partial charge >= 0.3 is 0 Å². The van der Waals surface area contributed by atoms with E-state index in [0.29, 0.717) is 12.5 Å². The van der Waals surface area contributed by atoms with Crippen LogP contribution in [0.3, 0.4) is 0 Å². The van der Waals surface area contributed by atoms with Gasteiger partial charge in [0.05, 0.1) is 12.7 Å². The molecule has 0 aromatic carbocycles. The average Bonchev–Trinajstić information content (AvgIpc) is 2.82. The summed E-state index contributed by atoms with van der Waals surface area (Å²) in [5, 5.41) is 10.2. The van der Waals surface area contributed by atoms with Gasteiger partial charge in [-0.1, -0.05) is 51.3 Å². The zero-order valence-electron chi connectivity index (χ0n) is 14.0. The topological polar surface area (TPSA) is 29.5 Å². The largest absolute Gasteiger partial charge is 0.493 e. The van der Waals surface area contributed by atoms with Crippen molar-refractivity contribution < 1.29 is 9.84 Å². The Bertz CT molecular complexity index is 443. The molecular formula is C20H30O2. The summed E-state index contributed by atoms with van der Waals surface area (Å²) in [6.45, 7) is 16.0. The van der Waals surface area contributed by atoms with Crippen LogP contribution >= 0.6 is 0 Å². The summed E-state index contributed by atoms with van der Waals surface area (Å²) in [5.74, 6) is 1.45. The molecule has 1 rings (SSSR count). The second-order valence-electron chi connectivity index (χ2n) is 6.65. The Labute approximate surface area is 135 Å². The maximum absolute atomic E-state index is 10.2. The lowest BCUT2D eigenvalue weighted by molar-refractivity contribution is 0.137. The number of hydrogen-bond donors (Lipinski definition) is 1. The van der Waals surface area contributed by atoms with E-state index in [1.165, 1.54) is 0 Å². The van der Waals surface area contributed by atoms with Crippen LogP contribution in [-0.2, 0) is 4.74 Å². The molecule has 0 aromatic rings. The molecule has 1 unspecified atom stereocenters. The fraction of sp³-hybridized carbons (Fsp3) is 0.500. The Morgan fingerprint density at radius 3 is 2.59 bits per heavy atom. The van der Waals surface area contributed by atoms with E-state index in [0.717, 1.165) is 25.0 Å². The molecule has 0 amide bonds. The maximum atomic E-state index is 10.2. The lowest BCUT2D eigenvalue weighted by atomic mass is 9.87. The predicted octanol–water partition coefficient (Wildman–Crippen LogP) is 4.80. The lowest BCUT2D eigenvalue weighted by Crippen LogP contribution is -2.20. The summed E-state index contributed by atoms with van der Waals surface area (Å²) in [6.07, 6.45) is 14.1. The first-order valence-corrected chi connectivity index (χ1v) is 7.99. The van der Waals surface area contributed by atoms with E-state index < -0.39 is 0 Å². The number of aliphatic hydroxyl groups excluding tert-OH is 1. The molecule has 0 spiro atoms. The van der Waals surface area contributed by atoms with Crippen LogP contribution in [0, 0.1) is 17.3 Å². The van der Waals surface area contributed by atoms with Gasteiger partial charge in [-0.25, -0.2) is 0 Å². The van der Waals surface area contributed by atoms with Crippen molar-refractivity contribution in [2.45, 2.75) is 39.2 Å². The van der Waals surface area contributed by atoms with E-state index in [1.54, 1.807) is 18.2 Å². The Hall–Kier alpha value is -1.54. The van der Waals surface area contributed by atoms with Gasteiger partial charge in [-0.2, -0.15) is 0 Å². The third-order valence-corrected chi connectivity index (χ3v) is 4.16. The summed E-state index contributed by atoms with van der Waals surface area (Å²) in [6, 6.07) is 0. The van der Waals surface area contributed by atoms with Gasteiger partial charge in [0.1, 0.15) is 5.76 Å². The molecule has 122 valence electrons. The van der Waals surface area contributed by atoms with Gasteiger partial charge in [0.25, 0.3) is 0 Å². The van der Waals surface area contributed by atoms with Crippen LogP contribution < -0.4 is 0 Å². The van der Waals surface area contributed by atoms with Gasteiger partial charge in [0.2, 0.25) is 0 Å². The molecule has 0 saturated heterocycles. The number of hydrogen-bond acceptors (Lipinski definition) is 2. The summed E-state index contributed by atoms with van der Waals surface area (Å²) in [5.41, 5.74) is -0.107. The summed E-state index contributed by atoms with van der Waals surface area (Å²) in [4.78, 5) is 0. The molecule has 3 atom stereocenters. The number of allylic oxidation sites excluding steroid dienone is 4. The Balaban J connectivity index is 2.65. The van der Waals surface area contributed by atoms with Crippen molar-refractivity contribution in [2.75, 3.05) is 6.61 Å². The second-order valence-corrected chi connectivity index (χ2v) is 6.65. The highest BCUT2D eigenvalue weighted by molar-refractivity contribution is 5.15. The summed E-state index contributed by atoms with van der Waals surface area (Å²) < 4.78 is 5.75. The van der Waals surface area contributed by atoms with E-state index in [2.05, 4.69) is 45.7 Å². The highest BCUT2D eigenvalue weighted by atomic mass is 16.5. The van der Waals surface area contributed by atoms with Crippen molar-refractivity contribution in [3.8, 4) is 0 Å². The van der Waals surface area contributed by atoms with Crippen LogP contribution in [0.4, 0.5) is 0 Å². The molecule has 1 N–H and O–H groups in total. The molecule has 0 aliphatic heterocycles. The van der Waals surface area contributed by atoms with E-state index in [-0.39, 0.29) is 17.4 Å². The lowest BCUT2D eigenvalue weighted by Gasteiger charge is -2.23. The van der Waals surface area contributed by atoms with Gasteiger partial charge in [-0.05, 0) is 37.3 Å². The van der Waals surface area contributed by atoms with Crippen LogP contribution in [0.5, 0.6) is 0 Å². The highest BCUT2D eigenvalue weighted by Crippen LogP contribution is 2.36. The SMILES string of the molecule is C=C/C=C(\C=C)OCC(C)(C)/C=C/C1[C@@H](CC=C)CC[C@H]1O. The molecule has 0 heterocycles. The fourth-order valence-electron chi connectivity index (χ4n) is 2.84. The van der Waals surface area contributed by atoms with E-state index in [1.807, 2.05) is 6.08 Å². The van der Waals surface area contributed by atoms with Crippen LogP contribution in [0.25, 0.3) is 0 Å². The van der Waals surface area contributed by atoms with Crippen LogP contribution in [0.1, 0.15) is 33.1 Å². The Kier molecular flexibility index (Phi) is 7.40. The predicted molar refractivity (Wildman–Crippen MR) is 94.4 cm³/mol. The third kappa shape index (κ3) is 5.69. The summed E-state index contributed by atoms with van der Waals surface area (Å²) >= 11 is 0. The standard InChI is InChI=1S/C20H30O2/c1-6-9-16-11-12-19(21)18(16)13-14-20(4,5)15-22-17(8-3)10-7-2/h6-8,10,13-14,16,18-19,21H,1-3,9,11-12,15H2,4-5H3/b14-13+,17-10+/t16-,18?,19+/m0/s1. The monoisotopic (exact) mass is 302 g/mol. The average molecular weight is 302 g/mol. The Morgan fingerprint density at radius 2 is 2.00 bits per heavy atom. The molecule has 22 heavy (non-hydrogen) atoms. The van der Waals surface area contributed by atoms with Crippen molar-refractivity contribution in [3.63, 3.8) is 0 Å². The van der Waals surface area contributed by atoms with Crippen molar-refractivity contribution >= 4 is 0 Å². The van der Waals surface area contributed by atoms with Gasteiger partial charge < -0.3 is 9.84 Å². The Morgan fingerprint density at radius 1 is 1.27 bits per heavy atom. The molecule has 1 saturated carbocycles. The molecule has 1 fully saturated rings. The smallest absolute Gasteiger partial charge is 0.118 e. The van der Waals surface area contributed by atoms with E-state index in [4.69, 9.17) is 4.74 Å². The van der Waals surface area contributed by atoms with Gasteiger partial charge in [0.15, 0.2) is 0 Å². The number of aliphatic hydroxyl groups is 1. The first-order valence-electron chi connectivity index (χ1n) is 7.99. The normalized spacial score (nSPS) is 26.1. The van der Waals surface area contributed by atoms with Crippen molar-refractivity contribution in [1.29, 1.82) is 0 Å². The maximum Gasteiger partial charge on any atom is 0.118 e. The first kappa shape index (κ1) is 18.5. The van der Waals surface area contributed by atoms with Crippen molar-refractivity contribution in [1.82, 2.24) is 0 Å². The van der Waals surface area contributed by atoms with Gasteiger partial charge in [-0.15, -0.1) is 6.58 Å². The van der Waals surface area contributed by atoms with Crippen LogP contribution in [0.2, 0.25) is 0 Å². The molecule has 0 bridgehead atoms. The van der Waals surface area contributed by atoms with E-state index in [9.17, 15) is 5.11 Å². The van der Waals surface area contributed by atoms with Crippen LogP contribution in [0.15, 0.2) is 62.0 Å². The minimum Gasteiger partial charge on any atom is -0.493 e. The molecular weight excluding hydrogens is 272 g/mol. The molecule has 0 radical (unpaired) electrons. The zero-order chi connectivity index (χ0) is 16.6. The van der Waals surface area contributed by atoms with Gasteiger partial charge in [0, 0.05) is 11.3 Å².